The Morgan fingerprint density at radius 3 is 1.31 bits per heavy atom. The predicted molar refractivity (Wildman–Crippen MR) is 482 cm³/mol. The summed E-state index contributed by atoms with van der Waals surface area (Å²) < 4.78 is 105. The molecule has 0 unspecified atom stereocenters. The molecule has 7 saturated heterocycles. The van der Waals surface area contributed by atoms with E-state index in [1.165, 1.54) is 89.0 Å². The van der Waals surface area contributed by atoms with Crippen LogP contribution >= 0.6 is 0 Å². The molecule has 0 N–H and O–H groups in total. The van der Waals surface area contributed by atoms with Crippen LogP contribution in [-0.2, 0) is 99.7 Å². The number of hydrogen-bond acceptors (Lipinski definition) is 23. The van der Waals surface area contributed by atoms with Gasteiger partial charge in [-0.3, -0.25) is 19.2 Å². The number of cyclic esters (lactones) is 2. The van der Waals surface area contributed by atoms with Crippen LogP contribution in [0.2, 0.25) is 0 Å². The minimum atomic E-state index is -0.598. The van der Waals surface area contributed by atoms with E-state index >= 15 is 0 Å². The third-order valence-electron chi connectivity index (χ3n) is 31.5. The van der Waals surface area contributed by atoms with E-state index in [2.05, 4.69) is 124 Å². The summed E-state index contributed by atoms with van der Waals surface area (Å²) in [4.78, 5) is 60.9. The molecule has 13 rings (SSSR count). The molecule has 0 spiro atoms. The Kier molecular flexibility index (Phi) is 40.0. The van der Waals surface area contributed by atoms with Crippen LogP contribution in [0.5, 0.6) is 0 Å². The number of nitrogens with zero attached hydrogens (tertiary/aromatic N) is 2. The normalized spacial score (nSPS) is 41.7. The number of carbonyl (C=O) groups is 4. The number of Topliss-reactive ketones (excluding diaryl/α,β-unsaturated/α-hetero) is 2. The van der Waals surface area contributed by atoms with Gasteiger partial charge in [-0.15, -0.1) is 0 Å². The van der Waals surface area contributed by atoms with Crippen molar-refractivity contribution < 1.29 is 99.7 Å². The van der Waals surface area contributed by atoms with Crippen molar-refractivity contribution in [2.45, 2.75) is 429 Å². The van der Waals surface area contributed by atoms with Crippen molar-refractivity contribution in [1.29, 1.82) is 0 Å². The van der Waals surface area contributed by atoms with E-state index < -0.39 is 24.8 Å². The molecular formula is C102H170N2O21. The minimum Gasteiger partial charge on any atom is -0.462 e. The van der Waals surface area contributed by atoms with Crippen molar-refractivity contribution in [3.8, 4) is 0 Å². The SMILES string of the molecule is CCCCCCCCCC[C@@H]1O[C@@H]1CCCCC(C)C.CC[C@H]1CCC[C@H](O[C@H]2CC[C@H](N(C)C)[C@@H](C)O2)[C@@H](C)C(=O)C2=C[C@@H]3[C@@H](C=C(C)[C@@H]4C[C@@H](O[C@@H]5O[C@@H](C)[C@H](OC)[C@@H](OC)[C@H]5OC)C[C@@H]34)[C@@H]2CC(=O)O1.CC[C@H]1CCC[C@H](O[C@H]2CC[C@H](N(C)C)[C@@H](C)O2)[C@@H](C)C(=O)C2=C[C@@H]3[C@@H](C=C[C@@H]4C[C@@H](O[C@@H]5O[C@@H](C)[C@H](OC)[C@@H](OC)[C@H]5OC)C[C@@H]34)[C@@H]2CC(=O)O1. The molecule has 125 heavy (non-hydrogen) atoms. The van der Waals surface area contributed by atoms with Crippen LogP contribution in [0.25, 0.3) is 0 Å². The molecule has 0 bridgehead atoms. The van der Waals surface area contributed by atoms with Crippen LogP contribution in [0.4, 0.5) is 0 Å². The number of ketones is 2. The molecule has 23 nitrogen and oxygen atoms in total. The van der Waals surface area contributed by atoms with Gasteiger partial charge in [0.2, 0.25) is 0 Å². The average molecular weight is 1760 g/mol. The number of fused-ring (bicyclic) bond motifs is 10. The summed E-state index contributed by atoms with van der Waals surface area (Å²) in [6.45, 7) is 25.5. The second-order valence-electron chi connectivity index (χ2n) is 40.6. The highest BCUT2D eigenvalue weighted by molar-refractivity contribution is 6.00. The lowest BCUT2D eigenvalue weighted by molar-refractivity contribution is -0.314. The van der Waals surface area contributed by atoms with Gasteiger partial charge in [0.1, 0.15) is 48.8 Å². The summed E-state index contributed by atoms with van der Waals surface area (Å²) in [7, 11) is 18.3. The third-order valence-corrected chi connectivity index (χ3v) is 31.5. The maximum absolute atomic E-state index is 14.7. The maximum atomic E-state index is 14.7. The fourth-order valence-corrected chi connectivity index (χ4v) is 24.2. The van der Waals surface area contributed by atoms with Gasteiger partial charge in [-0.25, -0.2) is 0 Å². The van der Waals surface area contributed by atoms with E-state index in [4.69, 9.17) is 80.5 Å². The second kappa shape index (κ2) is 49.0. The molecule has 0 aromatic carbocycles. The standard InChI is InChI=1S/C42H67NO10.C41H65NO10.C19H38O/c1-11-26-13-12-14-35(53-37-16-15-34(43(6)7)24(4)49-37)23(3)38(45)33-20-31-29(32(33)21-36(44)51-26)17-22(2)28-18-27(19-30(28)31)52-42-41(48-10)40(47-9)39(46-8)25(5)50-42;1-10-26-12-11-13-34(52-36-17-16-33(42(5)6)23(3)48-36)22(2)37(44)32-20-30-28(31(32)21-35(43)50-26)15-14-25-18-27(19-29(25)30)51-41-40(47-9)39(46-8)38(45-7)24(4)49-41;1-4-5-6-7-8-9-10-11-15-18-19(20-18)16-13-12-14-17(2)3/h17,20,23-32,34-35,37,39-42H,11-16,18-19,21H2,1-10H3;14-15,20,22-31,33-34,36,38-41H,10-13,16-19,21H2,1-9H3;17-19H,4-16H2,1-3H3/t23-,24-,25+,26+,27-,28+,29-,30-,31-,32+,34+,35+,37+,39+,40-,41-,42+;22-,23-,24+,25-,26+,27-,28-,29-,30-,31+,33+,34+,36+,38+,39-,40-,41+;18-,19+/m110/s1. The van der Waals surface area contributed by atoms with Gasteiger partial charge in [-0.1, -0.05) is 155 Å². The summed E-state index contributed by atoms with van der Waals surface area (Å²) in [6.07, 6.45) is 38.8. The van der Waals surface area contributed by atoms with Crippen molar-refractivity contribution in [3.63, 3.8) is 0 Å². The molecule has 0 amide bonds. The van der Waals surface area contributed by atoms with E-state index in [-0.39, 0.29) is 194 Å². The van der Waals surface area contributed by atoms with Crippen LogP contribution < -0.4 is 0 Å². The fourth-order valence-electron chi connectivity index (χ4n) is 24.2. The number of carbonyl (C=O) groups excluding carboxylic acids is 4. The second-order valence-corrected chi connectivity index (χ2v) is 40.6. The number of hydrogen-bond donors (Lipinski definition) is 0. The summed E-state index contributed by atoms with van der Waals surface area (Å²) in [5, 5.41) is 0. The molecular weight excluding hydrogens is 1590 g/mol. The molecule has 0 aromatic heterocycles. The highest BCUT2D eigenvalue weighted by Crippen LogP contribution is 2.58. The molecule has 714 valence electrons. The van der Waals surface area contributed by atoms with Gasteiger partial charge in [0, 0.05) is 78.4 Å². The summed E-state index contributed by atoms with van der Waals surface area (Å²) in [5.41, 5.74) is 2.84. The van der Waals surface area contributed by atoms with Gasteiger partial charge in [-0.05, 0) is 243 Å². The van der Waals surface area contributed by atoms with Crippen molar-refractivity contribution >= 4 is 23.5 Å². The Hall–Kier alpha value is -3.44. The molecule has 0 aromatic rings. The first-order chi connectivity index (χ1) is 60.1. The predicted octanol–water partition coefficient (Wildman–Crippen LogP) is 17.9. The Labute approximate surface area is 753 Å². The van der Waals surface area contributed by atoms with Gasteiger partial charge in [0.05, 0.1) is 73.9 Å². The molecule has 7 aliphatic heterocycles. The Morgan fingerprint density at radius 2 is 0.864 bits per heavy atom. The number of likely N-dealkylation sites (N-methyl/N-ethyl adjacent to an activating group) is 2. The topological polar surface area (TPSA) is 235 Å². The van der Waals surface area contributed by atoms with Gasteiger partial charge in [-0.2, -0.15) is 0 Å². The Bertz CT molecular complexity index is 3440. The van der Waals surface area contributed by atoms with Crippen molar-refractivity contribution in [2.75, 3.05) is 70.8 Å². The minimum absolute atomic E-state index is 0.0364. The zero-order chi connectivity index (χ0) is 90.0. The highest BCUT2D eigenvalue weighted by atomic mass is 16.7. The molecule has 36 atom stereocenters. The molecule has 6 aliphatic carbocycles. The molecule has 2 saturated carbocycles. The van der Waals surface area contributed by atoms with Crippen LogP contribution in [0.3, 0.4) is 0 Å². The number of allylic oxidation sites excluding steroid dienone is 8. The largest absolute Gasteiger partial charge is 0.462 e. The lowest BCUT2D eigenvalue weighted by Gasteiger charge is -2.44. The van der Waals surface area contributed by atoms with E-state index in [0.29, 0.717) is 49.0 Å². The average Bonchev–Trinajstić information content (AvgIpc) is 1.58. The highest BCUT2D eigenvalue weighted by Gasteiger charge is 2.57. The maximum Gasteiger partial charge on any atom is 0.306 e. The quantitative estimate of drug-likeness (QED) is 0.0263. The molecule has 23 heteroatoms. The number of methoxy groups -OCH3 is 6. The number of unbranched alkanes of at least 4 members (excludes halogenated alkanes) is 8. The van der Waals surface area contributed by atoms with E-state index in [9.17, 15) is 19.2 Å². The lowest BCUT2D eigenvalue weighted by atomic mass is 9.67. The van der Waals surface area contributed by atoms with Gasteiger partial charge in [0.25, 0.3) is 0 Å². The summed E-state index contributed by atoms with van der Waals surface area (Å²) in [6, 6.07) is 0.676. The smallest absolute Gasteiger partial charge is 0.306 e. The number of rotatable bonds is 32. The number of epoxide rings is 1. The van der Waals surface area contributed by atoms with Crippen molar-refractivity contribution in [1.82, 2.24) is 9.80 Å². The number of ether oxygens (including phenoxy) is 17. The molecule has 13 aliphatic rings. The Balaban J connectivity index is 0.000000200. The third kappa shape index (κ3) is 26.2. The van der Waals surface area contributed by atoms with Crippen LogP contribution in [0.15, 0.2) is 47.1 Å². The monoisotopic (exact) mass is 1760 g/mol. The zero-order valence-corrected chi connectivity index (χ0v) is 81.1. The zero-order valence-electron chi connectivity index (χ0n) is 81.1. The van der Waals surface area contributed by atoms with E-state index in [1.54, 1.807) is 42.7 Å². The van der Waals surface area contributed by atoms with Gasteiger partial charge in [0.15, 0.2) is 36.7 Å². The first-order valence-corrected chi connectivity index (χ1v) is 49.8. The summed E-state index contributed by atoms with van der Waals surface area (Å²) in [5.74, 6) is 0.893. The van der Waals surface area contributed by atoms with E-state index in [0.717, 1.165) is 107 Å². The Morgan fingerprint density at radius 1 is 0.424 bits per heavy atom. The lowest BCUT2D eigenvalue weighted by Crippen LogP contribution is -2.59. The molecule has 9 fully saturated rings. The van der Waals surface area contributed by atoms with Crippen LogP contribution in [0, 0.1) is 76.9 Å². The van der Waals surface area contributed by atoms with Crippen molar-refractivity contribution in [3.05, 3.63) is 47.1 Å². The van der Waals surface area contributed by atoms with Crippen LogP contribution in [0.1, 0.15) is 282 Å². The van der Waals surface area contributed by atoms with E-state index in [1.807, 2.05) is 27.7 Å². The molecule has 0 radical (unpaired) electrons. The number of esters is 2. The molecule has 7 heterocycles. The fraction of sp³-hybridized carbons (Fsp3) is 0.882. The summed E-state index contributed by atoms with van der Waals surface area (Å²) >= 11 is 0. The van der Waals surface area contributed by atoms with Crippen molar-refractivity contribution in [2.24, 2.45) is 76.9 Å². The van der Waals surface area contributed by atoms with Gasteiger partial charge < -0.3 is 90.3 Å². The van der Waals surface area contributed by atoms with Crippen LogP contribution in [-0.4, -0.2) is 251 Å². The van der Waals surface area contributed by atoms with Gasteiger partial charge >= 0.3 is 11.9 Å². The first kappa shape index (κ1) is 102. The first-order valence-electron chi connectivity index (χ1n) is 49.8.